The molecule has 198 valence electrons. The number of alkyl halides is 3. The van der Waals surface area contributed by atoms with E-state index in [1.54, 1.807) is 26.2 Å². The number of hydrogen-bond donors (Lipinski definition) is 0. The lowest BCUT2D eigenvalue weighted by Crippen LogP contribution is -2.31. The third kappa shape index (κ3) is 4.22. The highest BCUT2D eigenvalue weighted by molar-refractivity contribution is 5.77. The van der Waals surface area contributed by atoms with Crippen LogP contribution in [0.4, 0.5) is 13.2 Å². The number of fused-ring (bicyclic) bond motifs is 1. The van der Waals surface area contributed by atoms with Crippen molar-refractivity contribution in [2.75, 3.05) is 6.61 Å². The van der Waals surface area contributed by atoms with Gasteiger partial charge in [0.1, 0.15) is 11.5 Å². The van der Waals surface area contributed by atoms with Crippen LogP contribution in [0.1, 0.15) is 66.4 Å². The Bertz CT molecular complexity index is 1650. The maximum absolute atomic E-state index is 13.9. The molecule has 1 saturated heterocycles. The van der Waals surface area contributed by atoms with Gasteiger partial charge in [0.2, 0.25) is 0 Å². The topological polar surface area (TPSA) is 96.8 Å². The maximum atomic E-state index is 13.9. The van der Waals surface area contributed by atoms with Crippen LogP contribution in [0.5, 0.6) is 0 Å². The van der Waals surface area contributed by atoms with Crippen LogP contribution in [0.3, 0.4) is 0 Å². The Morgan fingerprint density at radius 2 is 1.87 bits per heavy atom. The fourth-order valence-corrected chi connectivity index (χ4v) is 5.04. The average Bonchev–Trinajstić information content (AvgIpc) is 3.63. The first-order valence-electron chi connectivity index (χ1n) is 12.4. The van der Waals surface area contributed by atoms with E-state index in [4.69, 9.17) is 4.74 Å². The molecule has 1 saturated carbocycles. The number of pyridine rings is 2. The van der Waals surface area contributed by atoms with Gasteiger partial charge >= 0.3 is 6.18 Å². The van der Waals surface area contributed by atoms with E-state index in [1.165, 1.54) is 15.2 Å². The van der Waals surface area contributed by atoms with E-state index in [1.807, 2.05) is 10.9 Å². The van der Waals surface area contributed by atoms with Crippen molar-refractivity contribution in [2.45, 2.75) is 56.8 Å². The van der Waals surface area contributed by atoms with Crippen LogP contribution in [0, 0.1) is 6.92 Å². The highest BCUT2D eigenvalue weighted by Gasteiger charge is 2.33. The van der Waals surface area contributed by atoms with Gasteiger partial charge in [0, 0.05) is 31.0 Å². The molecular formula is C26H25F3N6O3. The second kappa shape index (κ2) is 8.90. The monoisotopic (exact) mass is 526 g/mol. The van der Waals surface area contributed by atoms with Gasteiger partial charge in [0.15, 0.2) is 5.65 Å². The SMILES string of the molecule is Cc1nc2c(cc([C@H]3CCO[C@@H](c4cnn(C5CC5)c4)C3)c(=O)n2-c2ccc(C(F)(F)F)nc2)c(=O)n1C. The van der Waals surface area contributed by atoms with Crippen LogP contribution in [0.25, 0.3) is 16.7 Å². The third-order valence-electron chi connectivity index (χ3n) is 7.43. The Morgan fingerprint density at radius 3 is 2.55 bits per heavy atom. The van der Waals surface area contributed by atoms with Crippen LogP contribution in [-0.4, -0.2) is 35.5 Å². The summed E-state index contributed by atoms with van der Waals surface area (Å²) in [5.41, 5.74) is -0.366. The molecule has 4 aromatic rings. The summed E-state index contributed by atoms with van der Waals surface area (Å²) in [6.07, 6.45) is 3.14. The Hall–Kier alpha value is -3.80. The van der Waals surface area contributed by atoms with E-state index >= 15 is 0 Å². The normalized spacial score (nSPS) is 20.2. The minimum atomic E-state index is -4.62. The molecule has 0 amide bonds. The highest BCUT2D eigenvalue weighted by atomic mass is 19.4. The van der Waals surface area contributed by atoms with E-state index in [-0.39, 0.29) is 34.3 Å². The van der Waals surface area contributed by atoms with E-state index in [0.29, 0.717) is 36.9 Å². The third-order valence-corrected chi connectivity index (χ3v) is 7.43. The summed E-state index contributed by atoms with van der Waals surface area (Å²) < 4.78 is 49.9. The number of aromatic nitrogens is 6. The van der Waals surface area contributed by atoms with Crippen LogP contribution < -0.4 is 11.1 Å². The quantitative estimate of drug-likeness (QED) is 0.399. The standard InChI is InChI=1S/C26H25F3N6O3/c1-14-32-23-20(24(36)33(14)2)10-19(25(37)35(23)18-5-6-22(30-12-18)26(27,28)29)15-7-8-38-21(9-15)16-11-31-34(13-16)17-3-4-17/h5-6,10-13,15,17,21H,3-4,7-9H2,1-2H3/t15-,21+/m0/s1. The molecule has 6 rings (SSSR count). The molecule has 1 aliphatic carbocycles. The largest absolute Gasteiger partial charge is 0.433 e. The van der Waals surface area contributed by atoms with Gasteiger partial charge in [-0.3, -0.25) is 23.4 Å². The van der Waals surface area contributed by atoms with Gasteiger partial charge in [-0.2, -0.15) is 18.3 Å². The van der Waals surface area contributed by atoms with Gasteiger partial charge in [0.05, 0.1) is 35.6 Å². The molecule has 0 N–H and O–H groups in total. The van der Waals surface area contributed by atoms with Crippen molar-refractivity contribution in [2.24, 2.45) is 7.05 Å². The van der Waals surface area contributed by atoms with Gasteiger partial charge in [-0.25, -0.2) is 9.97 Å². The molecule has 2 aliphatic rings. The lowest BCUT2D eigenvalue weighted by atomic mass is 9.87. The highest BCUT2D eigenvalue weighted by Crippen LogP contribution is 2.39. The molecule has 0 bridgehead atoms. The van der Waals surface area contributed by atoms with Crippen molar-refractivity contribution >= 4 is 11.0 Å². The Kier molecular flexibility index (Phi) is 5.74. The first kappa shape index (κ1) is 24.5. The van der Waals surface area contributed by atoms with Gasteiger partial charge in [-0.05, 0) is 56.7 Å². The predicted octanol–water partition coefficient (Wildman–Crippen LogP) is 3.97. The minimum Gasteiger partial charge on any atom is -0.373 e. The second-order valence-corrected chi connectivity index (χ2v) is 9.97. The molecule has 38 heavy (non-hydrogen) atoms. The molecule has 5 heterocycles. The predicted molar refractivity (Wildman–Crippen MR) is 131 cm³/mol. The first-order valence-corrected chi connectivity index (χ1v) is 12.4. The molecular weight excluding hydrogens is 501 g/mol. The Morgan fingerprint density at radius 1 is 1.08 bits per heavy atom. The second-order valence-electron chi connectivity index (χ2n) is 9.97. The molecule has 9 nitrogen and oxygen atoms in total. The summed E-state index contributed by atoms with van der Waals surface area (Å²) in [6, 6.07) is 4.01. The lowest BCUT2D eigenvalue weighted by Gasteiger charge is -2.29. The summed E-state index contributed by atoms with van der Waals surface area (Å²) in [5, 5.41) is 4.65. The molecule has 0 spiro atoms. The number of aryl methyl sites for hydroxylation is 1. The van der Waals surface area contributed by atoms with E-state index in [2.05, 4.69) is 15.1 Å². The van der Waals surface area contributed by atoms with Crippen molar-refractivity contribution in [3.8, 4) is 5.69 Å². The maximum Gasteiger partial charge on any atom is 0.433 e. The van der Waals surface area contributed by atoms with Crippen LogP contribution in [0.2, 0.25) is 0 Å². The minimum absolute atomic E-state index is 0.0789. The van der Waals surface area contributed by atoms with Gasteiger partial charge < -0.3 is 4.74 Å². The van der Waals surface area contributed by atoms with Crippen molar-refractivity contribution in [3.05, 3.63) is 80.1 Å². The first-order chi connectivity index (χ1) is 18.1. The van der Waals surface area contributed by atoms with Crippen molar-refractivity contribution in [3.63, 3.8) is 0 Å². The van der Waals surface area contributed by atoms with Gasteiger partial charge in [-0.1, -0.05) is 0 Å². The van der Waals surface area contributed by atoms with Crippen LogP contribution >= 0.6 is 0 Å². The van der Waals surface area contributed by atoms with E-state index < -0.39 is 17.4 Å². The number of ether oxygens (including phenoxy) is 1. The fourth-order valence-electron chi connectivity index (χ4n) is 5.04. The Labute approximate surface area is 214 Å². The molecule has 2 atom stereocenters. The number of rotatable bonds is 4. The number of nitrogens with zero attached hydrogens (tertiary/aromatic N) is 6. The average molecular weight is 527 g/mol. The summed E-state index contributed by atoms with van der Waals surface area (Å²) in [4.78, 5) is 35.1. The number of halogens is 3. The summed E-state index contributed by atoms with van der Waals surface area (Å²) in [7, 11) is 1.58. The van der Waals surface area contributed by atoms with Crippen molar-refractivity contribution in [1.82, 2.24) is 28.9 Å². The van der Waals surface area contributed by atoms with E-state index in [9.17, 15) is 22.8 Å². The summed E-state index contributed by atoms with van der Waals surface area (Å²) in [6.45, 7) is 2.03. The fraction of sp³-hybridized carbons (Fsp3) is 0.423. The Balaban J connectivity index is 1.47. The summed E-state index contributed by atoms with van der Waals surface area (Å²) in [5.74, 6) is 0.122. The molecule has 1 aliphatic heterocycles. The van der Waals surface area contributed by atoms with Crippen LogP contribution in [-0.2, 0) is 18.0 Å². The zero-order valence-corrected chi connectivity index (χ0v) is 20.8. The van der Waals surface area contributed by atoms with E-state index in [0.717, 1.165) is 30.7 Å². The zero-order valence-electron chi connectivity index (χ0n) is 20.8. The number of hydrogen-bond acceptors (Lipinski definition) is 6. The van der Waals surface area contributed by atoms with Crippen LogP contribution in [0.15, 0.2) is 46.4 Å². The van der Waals surface area contributed by atoms with Gasteiger partial charge in [0.25, 0.3) is 11.1 Å². The molecule has 0 unspecified atom stereocenters. The molecule has 12 heteroatoms. The van der Waals surface area contributed by atoms with Crippen molar-refractivity contribution in [1.29, 1.82) is 0 Å². The molecule has 4 aromatic heterocycles. The molecule has 2 fully saturated rings. The molecule has 0 aromatic carbocycles. The summed E-state index contributed by atoms with van der Waals surface area (Å²) >= 11 is 0. The molecule has 0 radical (unpaired) electrons. The smallest absolute Gasteiger partial charge is 0.373 e. The zero-order chi connectivity index (χ0) is 26.8. The van der Waals surface area contributed by atoms with Crippen molar-refractivity contribution < 1.29 is 17.9 Å². The lowest BCUT2D eigenvalue weighted by molar-refractivity contribution is -0.141. The van der Waals surface area contributed by atoms with Gasteiger partial charge in [-0.15, -0.1) is 0 Å².